The average Bonchev–Trinajstić information content (AvgIpc) is 2.56. The van der Waals surface area contributed by atoms with Gasteiger partial charge in [0.05, 0.1) is 11.9 Å². The van der Waals surface area contributed by atoms with Crippen molar-refractivity contribution in [1.29, 1.82) is 0 Å². The molecule has 74 valence electrons. The predicted octanol–water partition coefficient (Wildman–Crippen LogP) is 2.37. The van der Waals surface area contributed by atoms with Crippen molar-refractivity contribution in [2.45, 2.75) is 26.4 Å². The van der Waals surface area contributed by atoms with Gasteiger partial charge in [-0.25, -0.2) is 4.89 Å². The van der Waals surface area contributed by atoms with Gasteiger partial charge in [0, 0.05) is 0 Å². The lowest BCUT2D eigenvalue weighted by atomic mass is 10.2. The molecule has 0 saturated carbocycles. The van der Waals surface area contributed by atoms with Crippen LogP contribution in [0.2, 0.25) is 0 Å². The summed E-state index contributed by atoms with van der Waals surface area (Å²) in [5.41, 5.74) is -0.403. The predicted molar refractivity (Wildman–Crippen MR) is 47.6 cm³/mol. The highest BCUT2D eigenvalue weighted by atomic mass is 17.1. The Balaban J connectivity index is 0.000000226. The van der Waals surface area contributed by atoms with Crippen LogP contribution < -0.4 is 0 Å². The fourth-order valence-electron chi connectivity index (χ4n) is 0.358. The number of furan rings is 1. The fourth-order valence-corrected chi connectivity index (χ4v) is 0.358. The van der Waals surface area contributed by atoms with E-state index >= 15 is 0 Å². The highest BCUT2D eigenvalue weighted by Crippen LogP contribution is 2.01. The lowest BCUT2D eigenvalue weighted by molar-refractivity contribution is -0.306. The number of rotatable bonds is 1. The monoisotopic (exact) mass is 186 g/mol. The summed E-state index contributed by atoms with van der Waals surface area (Å²) in [6.07, 6.45) is 2.13. The Labute approximate surface area is 77.1 Å². The second-order valence-corrected chi connectivity index (χ2v) is 3.34. The van der Waals surface area contributed by atoms with Gasteiger partial charge in [0.2, 0.25) is 0 Å². The summed E-state index contributed by atoms with van der Waals surface area (Å²) in [5, 5.41) is 7.90. The Bertz CT molecular complexity index is 220. The first-order valence-electron chi connectivity index (χ1n) is 3.81. The minimum Gasteiger partial charge on any atom is -0.462 e. The van der Waals surface area contributed by atoms with E-state index in [1.165, 1.54) is 6.26 Å². The van der Waals surface area contributed by atoms with Crippen LogP contribution in [0.15, 0.2) is 22.8 Å². The summed E-state index contributed by atoms with van der Waals surface area (Å²) in [7, 11) is 0. The second kappa shape index (κ2) is 5.50. The second-order valence-electron chi connectivity index (χ2n) is 3.34. The van der Waals surface area contributed by atoms with Crippen molar-refractivity contribution < 1.29 is 19.4 Å². The summed E-state index contributed by atoms with van der Waals surface area (Å²) in [6, 6.07) is 3.27. The molecule has 0 radical (unpaired) electrons. The molecule has 1 N–H and O–H groups in total. The van der Waals surface area contributed by atoms with Crippen LogP contribution >= 0.6 is 0 Å². The normalized spacial score (nSPS) is 10.2. The van der Waals surface area contributed by atoms with Crippen molar-refractivity contribution in [1.82, 2.24) is 0 Å². The topological polar surface area (TPSA) is 59.7 Å². The van der Waals surface area contributed by atoms with E-state index in [9.17, 15) is 4.79 Å². The molecule has 1 aromatic rings. The zero-order valence-electron chi connectivity index (χ0n) is 7.98. The molecule has 4 heteroatoms. The van der Waals surface area contributed by atoms with Crippen LogP contribution in [0.5, 0.6) is 0 Å². The minimum atomic E-state index is -0.403. The van der Waals surface area contributed by atoms with Crippen LogP contribution in [0.4, 0.5) is 0 Å². The van der Waals surface area contributed by atoms with Crippen molar-refractivity contribution >= 4 is 6.29 Å². The molecule has 13 heavy (non-hydrogen) atoms. The Morgan fingerprint density at radius 1 is 1.54 bits per heavy atom. The van der Waals surface area contributed by atoms with E-state index in [2.05, 4.69) is 9.30 Å². The van der Waals surface area contributed by atoms with Crippen molar-refractivity contribution in [2.75, 3.05) is 0 Å². The van der Waals surface area contributed by atoms with E-state index in [1.807, 2.05) is 0 Å². The van der Waals surface area contributed by atoms with Crippen LogP contribution in [0.1, 0.15) is 31.3 Å². The van der Waals surface area contributed by atoms with Crippen LogP contribution in [0, 0.1) is 0 Å². The van der Waals surface area contributed by atoms with Gasteiger partial charge in [0.25, 0.3) is 0 Å². The molecule has 0 aromatic carbocycles. The van der Waals surface area contributed by atoms with Gasteiger partial charge < -0.3 is 4.42 Å². The van der Waals surface area contributed by atoms with E-state index in [1.54, 1.807) is 32.9 Å². The summed E-state index contributed by atoms with van der Waals surface area (Å²) in [4.78, 5) is 13.7. The average molecular weight is 186 g/mol. The molecule has 4 nitrogen and oxygen atoms in total. The summed E-state index contributed by atoms with van der Waals surface area (Å²) in [5.74, 6) is 0.375. The smallest absolute Gasteiger partial charge is 0.185 e. The molecule has 0 fully saturated rings. The van der Waals surface area contributed by atoms with Gasteiger partial charge in [0.15, 0.2) is 12.0 Å². The standard InChI is InChI=1S/C5H4O2.C4H10O2/c6-4-5-2-1-3-7-5;1-4(2,3)6-5/h1-4H;5H,1-3H3. The Morgan fingerprint density at radius 3 is 2.23 bits per heavy atom. The lowest BCUT2D eigenvalue weighted by Gasteiger charge is -2.10. The van der Waals surface area contributed by atoms with E-state index in [0.29, 0.717) is 12.0 Å². The SMILES string of the molecule is CC(C)(C)OO.O=Cc1ccco1. The van der Waals surface area contributed by atoms with Gasteiger partial charge in [-0.05, 0) is 32.9 Å². The largest absolute Gasteiger partial charge is 0.462 e. The third-order valence-corrected chi connectivity index (χ3v) is 0.933. The lowest BCUT2D eigenvalue weighted by Crippen LogP contribution is -2.15. The first-order chi connectivity index (χ1) is 5.99. The zero-order chi connectivity index (χ0) is 10.3. The molecule has 1 aromatic heterocycles. The van der Waals surface area contributed by atoms with Crippen LogP contribution in [0.3, 0.4) is 0 Å². The van der Waals surface area contributed by atoms with Crippen LogP contribution in [0.25, 0.3) is 0 Å². The first-order valence-corrected chi connectivity index (χ1v) is 3.81. The number of carbonyl (C=O) groups excluding carboxylic acids is 1. The number of aldehydes is 1. The van der Waals surface area contributed by atoms with Crippen LogP contribution in [-0.4, -0.2) is 17.1 Å². The molecule has 0 atom stereocenters. The minimum absolute atomic E-state index is 0.375. The maximum Gasteiger partial charge on any atom is 0.185 e. The maximum atomic E-state index is 9.77. The van der Waals surface area contributed by atoms with E-state index in [-0.39, 0.29) is 0 Å². The molecule has 0 saturated heterocycles. The zero-order valence-corrected chi connectivity index (χ0v) is 7.98. The molecule has 0 amide bonds. The van der Waals surface area contributed by atoms with Gasteiger partial charge in [0.1, 0.15) is 0 Å². The maximum absolute atomic E-state index is 9.77. The van der Waals surface area contributed by atoms with Crippen molar-refractivity contribution in [3.05, 3.63) is 24.2 Å². The molecule has 0 aliphatic carbocycles. The van der Waals surface area contributed by atoms with Crippen molar-refractivity contribution in [3.63, 3.8) is 0 Å². The summed E-state index contributed by atoms with van der Waals surface area (Å²) in [6.45, 7) is 5.31. The third kappa shape index (κ3) is 7.24. The van der Waals surface area contributed by atoms with Gasteiger partial charge in [-0.1, -0.05) is 0 Å². The highest BCUT2D eigenvalue weighted by Gasteiger charge is 2.06. The van der Waals surface area contributed by atoms with Gasteiger partial charge in [-0.15, -0.1) is 0 Å². The first kappa shape index (κ1) is 11.9. The Hall–Kier alpha value is -1.13. The third-order valence-electron chi connectivity index (χ3n) is 0.933. The summed E-state index contributed by atoms with van der Waals surface area (Å²) < 4.78 is 4.61. The summed E-state index contributed by atoms with van der Waals surface area (Å²) >= 11 is 0. The molecule has 0 aliphatic rings. The molecule has 0 bridgehead atoms. The molecular formula is C9H14O4. The van der Waals surface area contributed by atoms with Gasteiger partial charge in [-0.3, -0.25) is 10.1 Å². The quantitative estimate of drug-likeness (QED) is 0.415. The van der Waals surface area contributed by atoms with Crippen LogP contribution in [-0.2, 0) is 4.89 Å². The van der Waals surface area contributed by atoms with Gasteiger partial charge >= 0.3 is 0 Å². The molecule has 1 heterocycles. The number of hydrogen-bond acceptors (Lipinski definition) is 4. The fraction of sp³-hybridized carbons (Fsp3) is 0.444. The number of carbonyl (C=O) groups is 1. The van der Waals surface area contributed by atoms with E-state index < -0.39 is 5.60 Å². The Morgan fingerprint density at radius 2 is 2.08 bits per heavy atom. The molecular weight excluding hydrogens is 172 g/mol. The van der Waals surface area contributed by atoms with Crippen molar-refractivity contribution in [3.8, 4) is 0 Å². The van der Waals surface area contributed by atoms with E-state index in [0.717, 1.165) is 0 Å². The molecule has 0 aliphatic heterocycles. The number of hydrogen-bond donors (Lipinski definition) is 1. The Kier molecular flexibility index (Phi) is 5.03. The molecule has 0 spiro atoms. The van der Waals surface area contributed by atoms with Crippen molar-refractivity contribution in [2.24, 2.45) is 0 Å². The molecule has 0 unspecified atom stereocenters. The molecule has 1 rings (SSSR count). The van der Waals surface area contributed by atoms with Gasteiger partial charge in [-0.2, -0.15) is 0 Å². The highest BCUT2D eigenvalue weighted by molar-refractivity contribution is 5.69. The van der Waals surface area contributed by atoms with E-state index in [4.69, 9.17) is 5.26 Å².